The maximum Gasteiger partial charge on any atom is 0.0813 e. The highest BCUT2D eigenvalue weighted by Gasteiger charge is 2.59. The molecule has 0 amide bonds. The van der Waals surface area contributed by atoms with E-state index in [0.29, 0.717) is 17.3 Å². The minimum Gasteiger partial charge on any atom is -0.394 e. The van der Waals surface area contributed by atoms with Crippen molar-refractivity contribution in [3.05, 3.63) is 23.3 Å². The van der Waals surface area contributed by atoms with E-state index >= 15 is 0 Å². The van der Waals surface area contributed by atoms with Gasteiger partial charge in [-0.05, 0) is 144 Å². The Morgan fingerprint density at radius 1 is 1.08 bits per heavy atom. The van der Waals surface area contributed by atoms with Crippen molar-refractivity contribution in [3.63, 3.8) is 0 Å². The molecule has 3 saturated carbocycles. The number of allylic oxidation sites excluding steroid dienone is 4. The number of hydrogen-bond donors (Lipinski definition) is 2. The largest absolute Gasteiger partial charge is 0.394 e. The molecule has 0 spiro atoms. The number of aliphatic hydroxyl groups is 2. The van der Waals surface area contributed by atoms with Gasteiger partial charge in [-0.25, -0.2) is 0 Å². The molecule has 0 bridgehead atoms. The molecule has 0 heterocycles. The third-order valence-electron chi connectivity index (χ3n) is 12.7. The summed E-state index contributed by atoms with van der Waals surface area (Å²) < 4.78 is 6.10. The Morgan fingerprint density at radius 2 is 1.79 bits per heavy atom. The Balaban J connectivity index is 1.50. The van der Waals surface area contributed by atoms with Crippen LogP contribution in [0.1, 0.15) is 120 Å². The first-order valence-corrected chi connectivity index (χ1v) is 16.6. The summed E-state index contributed by atoms with van der Waals surface area (Å²) in [5.74, 6) is 6.19. The molecule has 0 aromatic rings. The van der Waals surface area contributed by atoms with Crippen LogP contribution in [-0.4, -0.2) is 35.1 Å². The summed E-state index contributed by atoms with van der Waals surface area (Å²) in [4.78, 5) is 0. The van der Waals surface area contributed by atoms with Gasteiger partial charge in [0.05, 0.1) is 24.9 Å². The molecule has 39 heavy (non-hydrogen) atoms. The second-order valence-corrected chi connectivity index (χ2v) is 15.6. The Bertz CT molecular complexity index is 882. The van der Waals surface area contributed by atoms with E-state index in [9.17, 15) is 10.2 Å². The molecule has 0 radical (unpaired) electrons. The molecule has 3 heteroatoms. The Kier molecular flexibility index (Phi) is 9.87. The average molecular weight is 543 g/mol. The molecular formula is C36H62O3. The van der Waals surface area contributed by atoms with Gasteiger partial charge in [-0.2, -0.15) is 0 Å². The zero-order valence-electron chi connectivity index (χ0n) is 26.9. The van der Waals surface area contributed by atoms with E-state index in [1.54, 1.807) is 12.5 Å². The fourth-order valence-electron chi connectivity index (χ4n) is 10.4. The number of hydrogen-bond acceptors (Lipinski definition) is 3. The molecule has 0 aromatic carbocycles. The molecule has 0 aromatic heterocycles. The molecular weight excluding hydrogens is 480 g/mol. The highest BCUT2D eigenvalue weighted by Crippen LogP contribution is 2.67. The average Bonchev–Trinajstić information content (AvgIpc) is 3.22. The van der Waals surface area contributed by atoms with Gasteiger partial charge >= 0.3 is 0 Å². The summed E-state index contributed by atoms with van der Waals surface area (Å²) >= 11 is 0. The lowest BCUT2D eigenvalue weighted by Gasteiger charge is -2.59. The van der Waals surface area contributed by atoms with Crippen LogP contribution in [-0.2, 0) is 4.74 Å². The van der Waals surface area contributed by atoms with Gasteiger partial charge in [0.15, 0.2) is 0 Å². The fraction of sp³-hybridized carbons (Fsp3) is 0.889. The predicted molar refractivity (Wildman–Crippen MR) is 163 cm³/mol. The summed E-state index contributed by atoms with van der Waals surface area (Å²) in [5, 5.41) is 20.0. The van der Waals surface area contributed by atoms with Crippen LogP contribution in [0.2, 0.25) is 0 Å². The summed E-state index contributed by atoms with van der Waals surface area (Å²) in [6.07, 6.45) is 15.9. The van der Waals surface area contributed by atoms with E-state index in [0.717, 1.165) is 41.9 Å². The van der Waals surface area contributed by atoms with E-state index < -0.39 is 6.10 Å². The van der Waals surface area contributed by atoms with E-state index in [1.807, 2.05) is 6.92 Å². The summed E-state index contributed by atoms with van der Waals surface area (Å²) in [5.41, 5.74) is 3.83. The van der Waals surface area contributed by atoms with Crippen molar-refractivity contribution >= 4 is 0 Å². The highest BCUT2D eigenvalue weighted by atomic mass is 16.5. The quantitative estimate of drug-likeness (QED) is 0.272. The summed E-state index contributed by atoms with van der Waals surface area (Å²) in [7, 11) is 0. The predicted octanol–water partition coefficient (Wildman–Crippen LogP) is 8.59. The van der Waals surface area contributed by atoms with Crippen molar-refractivity contribution in [2.24, 2.45) is 58.2 Å². The lowest BCUT2D eigenvalue weighted by Crippen LogP contribution is -2.51. The first-order chi connectivity index (χ1) is 18.3. The van der Waals surface area contributed by atoms with Crippen LogP contribution >= 0.6 is 0 Å². The SMILES string of the molecule is CC(C)=CCCC(C)C1CCC2C3C(C)C=C4C(CCC(CC(CO)OC(C)C(C)O)C4(C)C)C3CCC12C. The molecule has 12 unspecified atom stereocenters. The Morgan fingerprint density at radius 3 is 2.44 bits per heavy atom. The number of fused-ring (bicyclic) bond motifs is 5. The smallest absolute Gasteiger partial charge is 0.0813 e. The van der Waals surface area contributed by atoms with Crippen LogP contribution in [0.5, 0.6) is 0 Å². The molecule has 4 aliphatic carbocycles. The first-order valence-electron chi connectivity index (χ1n) is 16.6. The zero-order chi connectivity index (χ0) is 28.7. The third kappa shape index (κ3) is 6.12. The highest BCUT2D eigenvalue weighted by molar-refractivity contribution is 5.27. The van der Waals surface area contributed by atoms with Crippen LogP contribution in [0.4, 0.5) is 0 Å². The lowest BCUT2D eigenvalue weighted by atomic mass is 9.46. The minimum absolute atomic E-state index is 0.0292. The van der Waals surface area contributed by atoms with Gasteiger partial charge in [0, 0.05) is 0 Å². The van der Waals surface area contributed by atoms with Crippen LogP contribution in [0.3, 0.4) is 0 Å². The maximum absolute atomic E-state index is 10.1. The number of ether oxygens (including phenoxy) is 1. The van der Waals surface area contributed by atoms with Crippen molar-refractivity contribution in [1.29, 1.82) is 0 Å². The van der Waals surface area contributed by atoms with Crippen molar-refractivity contribution in [1.82, 2.24) is 0 Å². The third-order valence-corrected chi connectivity index (χ3v) is 12.7. The second-order valence-electron chi connectivity index (χ2n) is 15.6. The zero-order valence-corrected chi connectivity index (χ0v) is 26.9. The molecule has 3 nitrogen and oxygen atoms in total. The summed E-state index contributed by atoms with van der Waals surface area (Å²) in [6.45, 7) is 20.9. The molecule has 2 N–H and O–H groups in total. The first kappa shape index (κ1) is 31.3. The van der Waals surface area contributed by atoms with E-state index in [-0.39, 0.29) is 24.2 Å². The Hall–Kier alpha value is -0.640. The van der Waals surface area contributed by atoms with Crippen LogP contribution in [0.25, 0.3) is 0 Å². The molecule has 0 aliphatic heterocycles. The molecule has 0 saturated heterocycles. The standard InChI is InChI=1S/C36H62O3/c1-22(2)11-10-12-23(3)31-15-16-32-34-24(4)19-33-29(30(34)17-18-36(31,32)9)14-13-27(35(33,7)8)20-28(21-37)39-26(6)25(5)38/h11,19,23-32,34,37-38H,10,12-18,20-21H2,1-9H3. The summed E-state index contributed by atoms with van der Waals surface area (Å²) in [6, 6.07) is 0. The van der Waals surface area contributed by atoms with Crippen molar-refractivity contribution < 1.29 is 14.9 Å². The topological polar surface area (TPSA) is 49.7 Å². The van der Waals surface area contributed by atoms with E-state index in [2.05, 4.69) is 60.6 Å². The second kappa shape index (κ2) is 12.3. The molecule has 12 atom stereocenters. The maximum atomic E-state index is 10.1. The van der Waals surface area contributed by atoms with Crippen LogP contribution in [0.15, 0.2) is 23.3 Å². The molecule has 4 rings (SSSR count). The van der Waals surface area contributed by atoms with Gasteiger partial charge in [0.25, 0.3) is 0 Å². The molecule has 224 valence electrons. The van der Waals surface area contributed by atoms with Gasteiger partial charge in [-0.15, -0.1) is 0 Å². The normalized spacial score (nSPS) is 40.4. The van der Waals surface area contributed by atoms with Gasteiger partial charge in [0.2, 0.25) is 0 Å². The molecule has 3 fully saturated rings. The Labute approximate surface area is 241 Å². The number of aliphatic hydroxyl groups excluding tert-OH is 2. The van der Waals surface area contributed by atoms with Crippen molar-refractivity contribution in [2.45, 2.75) is 138 Å². The van der Waals surface area contributed by atoms with E-state index in [4.69, 9.17) is 4.74 Å². The van der Waals surface area contributed by atoms with Gasteiger partial charge in [-0.3, -0.25) is 0 Å². The minimum atomic E-state index is -0.519. The van der Waals surface area contributed by atoms with Crippen LogP contribution < -0.4 is 0 Å². The monoisotopic (exact) mass is 542 g/mol. The molecule has 4 aliphatic rings. The van der Waals surface area contributed by atoms with Gasteiger partial charge in [0.1, 0.15) is 0 Å². The van der Waals surface area contributed by atoms with Gasteiger partial charge < -0.3 is 14.9 Å². The van der Waals surface area contributed by atoms with Gasteiger partial charge in [-0.1, -0.05) is 57.9 Å². The fourth-order valence-corrected chi connectivity index (χ4v) is 10.4. The van der Waals surface area contributed by atoms with Crippen molar-refractivity contribution in [2.75, 3.05) is 6.61 Å². The number of rotatable bonds is 10. The lowest BCUT2D eigenvalue weighted by molar-refractivity contribution is -0.0947. The van der Waals surface area contributed by atoms with Crippen LogP contribution in [0, 0.1) is 58.2 Å². The van der Waals surface area contributed by atoms with E-state index in [1.165, 1.54) is 56.9 Å². The van der Waals surface area contributed by atoms with Crippen molar-refractivity contribution in [3.8, 4) is 0 Å².